The molecule has 1 aromatic heterocycles. The van der Waals surface area contributed by atoms with Crippen molar-refractivity contribution in [3.63, 3.8) is 0 Å². The highest BCUT2D eigenvalue weighted by Gasteiger charge is 2.48. The number of aromatic nitrogens is 2. The van der Waals surface area contributed by atoms with E-state index in [9.17, 15) is 18.8 Å². The second-order valence-electron chi connectivity index (χ2n) is 6.43. The van der Waals surface area contributed by atoms with E-state index in [0.29, 0.717) is 19.4 Å². The molecular weight excluding hydrogens is 353 g/mol. The summed E-state index contributed by atoms with van der Waals surface area (Å²) in [5, 5.41) is 2.84. The van der Waals surface area contributed by atoms with Crippen LogP contribution in [0.3, 0.4) is 0 Å². The molecule has 0 bridgehead atoms. The molecule has 3 heterocycles. The predicted molar refractivity (Wildman–Crippen MR) is 92.3 cm³/mol. The summed E-state index contributed by atoms with van der Waals surface area (Å²) in [7, 11) is 0. The minimum Gasteiger partial charge on any atom is -0.348 e. The van der Waals surface area contributed by atoms with Gasteiger partial charge < -0.3 is 10.2 Å². The number of nitrogens with one attached hydrogen (secondary N) is 1. The zero-order valence-corrected chi connectivity index (χ0v) is 14.2. The van der Waals surface area contributed by atoms with Crippen molar-refractivity contribution in [2.75, 3.05) is 11.4 Å². The van der Waals surface area contributed by atoms with E-state index in [0.717, 1.165) is 11.0 Å². The smallest absolute Gasteiger partial charge is 0.332 e. The van der Waals surface area contributed by atoms with Crippen LogP contribution < -0.4 is 10.2 Å². The lowest BCUT2D eigenvalue weighted by Crippen LogP contribution is -2.49. The van der Waals surface area contributed by atoms with Crippen LogP contribution in [0.25, 0.3) is 0 Å². The number of carbonyl (C=O) groups excluding carboxylic acids is 3. The van der Waals surface area contributed by atoms with Crippen LogP contribution in [0.4, 0.5) is 14.9 Å². The molecule has 2 atom stereocenters. The minimum atomic E-state index is -0.679. The molecule has 1 aromatic carbocycles. The molecule has 4 amide bonds. The number of hydrogen-bond acceptors (Lipinski definition) is 5. The summed E-state index contributed by atoms with van der Waals surface area (Å²) in [6, 6.07) is 3.96. The molecule has 2 aliphatic heterocycles. The highest BCUT2D eigenvalue weighted by Crippen LogP contribution is 2.31. The second-order valence-corrected chi connectivity index (χ2v) is 6.43. The van der Waals surface area contributed by atoms with Gasteiger partial charge in [0.2, 0.25) is 0 Å². The fourth-order valence-corrected chi connectivity index (χ4v) is 3.46. The number of piperidine rings is 1. The molecule has 2 saturated heterocycles. The summed E-state index contributed by atoms with van der Waals surface area (Å²) in [6.45, 7) is 0.326. The van der Waals surface area contributed by atoms with Gasteiger partial charge in [-0.2, -0.15) is 0 Å². The minimum absolute atomic E-state index is 0.190. The Kier molecular flexibility index (Phi) is 4.27. The average Bonchev–Trinajstić information content (AvgIpc) is 2.92. The Hall–Kier alpha value is -3.36. The molecular formula is C18H16FN5O3. The summed E-state index contributed by atoms with van der Waals surface area (Å²) in [5.74, 6) is -1.31. The number of urea groups is 1. The molecule has 0 saturated carbocycles. The van der Waals surface area contributed by atoms with Crippen LogP contribution in [-0.2, 0) is 4.79 Å². The molecule has 9 heteroatoms. The van der Waals surface area contributed by atoms with E-state index in [-0.39, 0.29) is 23.3 Å². The molecule has 0 aliphatic carbocycles. The zero-order valence-electron chi connectivity index (χ0n) is 14.2. The van der Waals surface area contributed by atoms with Crippen LogP contribution in [0, 0.1) is 5.82 Å². The van der Waals surface area contributed by atoms with Gasteiger partial charge in [-0.25, -0.2) is 19.1 Å². The van der Waals surface area contributed by atoms with Gasteiger partial charge in [0.15, 0.2) is 0 Å². The number of hydrogen-bond donors (Lipinski definition) is 1. The number of amides is 4. The summed E-state index contributed by atoms with van der Waals surface area (Å²) < 4.78 is 13.5. The molecule has 0 radical (unpaired) electrons. The highest BCUT2D eigenvalue weighted by atomic mass is 19.1. The number of carbonyl (C=O) groups is 3. The fraction of sp³-hybridized carbons (Fsp3) is 0.278. The van der Waals surface area contributed by atoms with Gasteiger partial charge in [-0.1, -0.05) is 6.07 Å². The first-order valence-corrected chi connectivity index (χ1v) is 8.51. The van der Waals surface area contributed by atoms with Gasteiger partial charge in [0.25, 0.3) is 11.8 Å². The van der Waals surface area contributed by atoms with Gasteiger partial charge in [0, 0.05) is 25.0 Å². The van der Waals surface area contributed by atoms with Gasteiger partial charge in [-0.3, -0.25) is 14.6 Å². The van der Waals surface area contributed by atoms with Crippen molar-refractivity contribution < 1.29 is 18.8 Å². The van der Waals surface area contributed by atoms with E-state index < -0.39 is 23.8 Å². The van der Waals surface area contributed by atoms with Crippen LogP contribution in [0.2, 0.25) is 0 Å². The van der Waals surface area contributed by atoms with Gasteiger partial charge in [-0.15, -0.1) is 0 Å². The lowest BCUT2D eigenvalue weighted by Gasteiger charge is -2.32. The zero-order chi connectivity index (χ0) is 19.0. The molecule has 4 rings (SSSR count). The summed E-state index contributed by atoms with van der Waals surface area (Å²) in [4.78, 5) is 47.9. The van der Waals surface area contributed by atoms with Gasteiger partial charge in [0.1, 0.15) is 17.6 Å². The third-order valence-electron chi connectivity index (χ3n) is 4.74. The average molecular weight is 369 g/mol. The molecule has 138 valence electrons. The SMILES string of the molecule is O=C(N[C@H]1CCN2C(=O)N(c3cccc(F)c3)C(=O)[C@@H]2C1)c1cnccn1. The van der Waals surface area contributed by atoms with E-state index >= 15 is 0 Å². The maximum atomic E-state index is 13.5. The van der Waals surface area contributed by atoms with Crippen LogP contribution in [0.1, 0.15) is 23.3 Å². The molecule has 1 N–H and O–H groups in total. The maximum Gasteiger partial charge on any atom is 0.332 e. The lowest BCUT2D eigenvalue weighted by molar-refractivity contribution is -0.120. The molecule has 2 aromatic rings. The van der Waals surface area contributed by atoms with Crippen molar-refractivity contribution in [1.82, 2.24) is 20.2 Å². The Labute approximate surface area is 154 Å². The third-order valence-corrected chi connectivity index (χ3v) is 4.74. The van der Waals surface area contributed by atoms with Crippen molar-refractivity contribution in [3.8, 4) is 0 Å². The predicted octanol–water partition coefficient (Wildman–Crippen LogP) is 1.35. The number of halogens is 1. The first kappa shape index (κ1) is 17.1. The number of nitrogens with zero attached hydrogens (tertiary/aromatic N) is 4. The van der Waals surface area contributed by atoms with Crippen LogP contribution in [0.15, 0.2) is 42.9 Å². The molecule has 0 unspecified atom stereocenters. The number of rotatable bonds is 3. The van der Waals surface area contributed by atoms with Crippen LogP contribution in [-0.4, -0.2) is 51.3 Å². The fourth-order valence-electron chi connectivity index (χ4n) is 3.46. The summed E-state index contributed by atoms with van der Waals surface area (Å²) in [6.07, 6.45) is 5.06. The Balaban J connectivity index is 1.49. The van der Waals surface area contributed by atoms with Gasteiger partial charge in [0.05, 0.1) is 11.9 Å². The Morgan fingerprint density at radius 1 is 1.26 bits per heavy atom. The quantitative estimate of drug-likeness (QED) is 0.824. The topological polar surface area (TPSA) is 95.5 Å². The molecule has 0 spiro atoms. The van der Waals surface area contributed by atoms with Crippen molar-refractivity contribution in [2.24, 2.45) is 0 Å². The van der Waals surface area contributed by atoms with Crippen molar-refractivity contribution >= 4 is 23.5 Å². The first-order valence-electron chi connectivity index (χ1n) is 8.51. The van der Waals surface area contributed by atoms with E-state index in [4.69, 9.17) is 0 Å². The van der Waals surface area contributed by atoms with Gasteiger partial charge in [-0.05, 0) is 31.0 Å². The molecule has 2 fully saturated rings. The van der Waals surface area contributed by atoms with Gasteiger partial charge >= 0.3 is 6.03 Å². The standard InChI is InChI=1S/C18H16FN5O3/c19-11-2-1-3-13(8-11)24-17(26)15-9-12(4-7-23(15)18(24)27)22-16(25)14-10-20-5-6-21-14/h1-3,5-6,8,10,12,15H,4,7,9H2,(H,22,25)/t12-,15-/m0/s1. The van der Waals surface area contributed by atoms with Crippen LogP contribution >= 0.6 is 0 Å². The number of anilines is 1. The molecule has 27 heavy (non-hydrogen) atoms. The number of fused-ring (bicyclic) bond motifs is 1. The van der Waals surface area contributed by atoms with Crippen molar-refractivity contribution in [3.05, 3.63) is 54.4 Å². The lowest BCUT2D eigenvalue weighted by atomic mass is 9.98. The Bertz CT molecular complexity index is 907. The molecule has 8 nitrogen and oxygen atoms in total. The first-order chi connectivity index (χ1) is 13.0. The maximum absolute atomic E-state index is 13.5. The highest BCUT2D eigenvalue weighted by molar-refractivity contribution is 6.21. The van der Waals surface area contributed by atoms with E-state index in [2.05, 4.69) is 15.3 Å². The van der Waals surface area contributed by atoms with E-state index in [1.54, 1.807) is 0 Å². The van der Waals surface area contributed by atoms with Crippen molar-refractivity contribution in [1.29, 1.82) is 0 Å². The Morgan fingerprint density at radius 2 is 2.11 bits per heavy atom. The summed E-state index contributed by atoms with van der Waals surface area (Å²) in [5.41, 5.74) is 0.398. The van der Waals surface area contributed by atoms with Crippen LogP contribution in [0.5, 0.6) is 0 Å². The monoisotopic (exact) mass is 369 g/mol. The van der Waals surface area contributed by atoms with E-state index in [1.807, 2.05) is 0 Å². The third kappa shape index (κ3) is 3.12. The normalized spacial score (nSPS) is 22.0. The Morgan fingerprint density at radius 3 is 2.85 bits per heavy atom. The summed E-state index contributed by atoms with van der Waals surface area (Å²) >= 11 is 0. The van der Waals surface area contributed by atoms with Crippen molar-refractivity contribution in [2.45, 2.75) is 24.9 Å². The second kappa shape index (κ2) is 6.75. The number of imide groups is 1. The largest absolute Gasteiger partial charge is 0.348 e. The van der Waals surface area contributed by atoms with E-state index in [1.165, 1.54) is 41.7 Å². The molecule has 2 aliphatic rings. The number of benzene rings is 1.